The zero-order valence-electron chi connectivity index (χ0n) is 37.1. The van der Waals surface area contributed by atoms with E-state index in [1.54, 1.807) is 0 Å². The van der Waals surface area contributed by atoms with E-state index >= 15 is 0 Å². The minimum Gasteiger partial charge on any atom is -0.477 e. The van der Waals surface area contributed by atoms with Crippen molar-refractivity contribution in [3.63, 3.8) is 0 Å². The summed E-state index contributed by atoms with van der Waals surface area (Å²) in [5.74, 6) is -2.02. The SMILES string of the molecule is CCCC/C=C\C/C=C\CCCCCCCC(=O)OC(COC(=O)CCCCCCCCCCCCCCCCCCC)COC(OCC[N+](C)(C)C)C(=O)O. The average Bonchev–Trinajstić information content (AvgIpc) is 3.15. The summed E-state index contributed by atoms with van der Waals surface area (Å²) in [6.07, 6.45) is 39.5. The van der Waals surface area contributed by atoms with E-state index in [1.807, 2.05) is 21.1 Å². The summed E-state index contributed by atoms with van der Waals surface area (Å²) in [7, 11) is 5.95. The molecule has 0 bridgehead atoms. The van der Waals surface area contributed by atoms with E-state index < -0.39 is 24.3 Å². The van der Waals surface area contributed by atoms with Crippen LogP contribution in [0.1, 0.15) is 200 Å². The standard InChI is InChI=1S/C47H87NO8/c1-6-8-10-12-14-16-18-20-22-23-24-26-27-29-31-33-35-37-44(49)54-41-43(42-55-47(46(51)52)53-40-39-48(3,4)5)56-45(50)38-36-34-32-30-28-25-21-19-17-15-13-11-9-7-2/h13,15,19,21,43,47H,6-12,14,16-18,20,22-42H2,1-5H3/p+1/b15-13-,21-19-. The highest BCUT2D eigenvalue weighted by Crippen LogP contribution is 2.15. The van der Waals surface area contributed by atoms with Gasteiger partial charge in [0.15, 0.2) is 6.10 Å². The first-order valence-electron chi connectivity index (χ1n) is 23.0. The van der Waals surface area contributed by atoms with Crippen molar-refractivity contribution in [2.24, 2.45) is 0 Å². The van der Waals surface area contributed by atoms with Crippen LogP contribution in [0.5, 0.6) is 0 Å². The number of aliphatic carboxylic acids is 1. The van der Waals surface area contributed by atoms with Crippen LogP contribution in [0.2, 0.25) is 0 Å². The summed E-state index contributed by atoms with van der Waals surface area (Å²) < 4.78 is 22.7. The zero-order chi connectivity index (χ0) is 41.4. The first-order chi connectivity index (χ1) is 27.1. The van der Waals surface area contributed by atoms with Crippen molar-refractivity contribution < 1.29 is 42.9 Å². The summed E-state index contributed by atoms with van der Waals surface area (Å²) in [4.78, 5) is 37.1. The Morgan fingerprint density at radius 2 is 0.982 bits per heavy atom. The van der Waals surface area contributed by atoms with Gasteiger partial charge in [0.05, 0.1) is 34.4 Å². The fraction of sp³-hybridized carbons (Fsp3) is 0.851. The summed E-state index contributed by atoms with van der Waals surface area (Å²) in [5, 5.41) is 9.63. The van der Waals surface area contributed by atoms with Crippen LogP contribution in [0.4, 0.5) is 0 Å². The number of esters is 2. The molecular formula is C47H88NO8+. The van der Waals surface area contributed by atoms with E-state index in [0.29, 0.717) is 23.9 Å². The van der Waals surface area contributed by atoms with E-state index in [-0.39, 0.29) is 32.2 Å². The van der Waals surface area contributed by atoms with Crippen molar-refractivity contribution in [2.45, 2.75) is 212 Å². The lowest BCUT2D eigenvalue weighted by molar-refractivity contribution is -0.870. The van der Waals surface area contributed by atoms with Gasteiger partial charge in [-0.3, -0.25) is 9.59 Å². The Kier molecular flexibility index (Phi) is 38.0. The highest BCUT2D eigenvalue weighted by molar-refractivity contribution is 5.71. The van der Waals surface area contributed by atoms with Gasteiger partial charge in [-0.1, -0.05) is 173 Å². The van der Waals surface area contributed by atoms with Crippen molar-refractivity contribution in [1.29, 1.82) is 0 Å². The number of carbonyl (C=O) groups is 3. The molecule has 328 valence electrons. The molecule has 0 aliphatic heterocycles. The minimum atomic E-state index is -1.51. The van der Waals surface area contributed by atoms with Crippen LogP contribution in [0, 0.1) is 0 Å². The molecule has 2 unspecified atom stereocenters. The molecule has 1 N–H and O–H groups in total. The number of likely N-dealkylation sites (N-methyl/N-ethyl adjacent to an activating group) is 1. The number of allylic oxidation sites excluding steroid dienone is 4. The van der Waals surface area contributed by atoms with E-state index in [2.05, 4.69) is 38.2 Å². The third kappa shape index (κ3) is 40.0. The molecule has 0 rings (SSSR count). The number of hydrogen-bond donors (Lipinski definition) is 1. The Bertz CT molecular complexity index is 976. The second-order valence-corrected chi connectivity index (χ2v) is 16.7. The molecule has 0 saturated carbocycles. The monoisotopic (exact) mass is 795 g/mol. The van der Waals surface area contributed by atoms with Gasteiger partial charge in [0.1, 0.15) is 13.2 Å². The largest absolute Gasteiger partial charge is 0.477 e. The normalized spacial score (nSPS) is 13.1. The van der Waals surface area contributed by atoms with E-state index in [1.165, 1.54) is 103 Å². The summed E-state index contributed by atoms with van der Waals surface area (Å²) in [6.45, 7) is 4.83. The molecule has 0 saturated heterocycles. The molecule has 0 radical (unpaired) electrons. The van der Waals surface area contributed by atoms with Crippen molar-refractivity contribution in [1.82, 2.24) is 0 Å². The van der Waals surface area contributed by atoms with Gasteiger partial charge in [-0.25, -0.2) is 4.79 Å². The molecule has 0 aromatic heterocycles. The van der Waals surface area contributed by atoms with Crippen LogP contribution in [-0.2, 0) is 33.3 Å². The van der Waals surface area contributed by atoms with Gasteiger partial charge in [-0.2, -0.15) is 0 Å². The highest BCUT2D eigenvalue weighted by atomic mass is 16.7. The molecule has 0 aromatic rings. The third-order valence-corrected chi connectivity index (χ3v) is 9.96. The lowest BCUT2D eigenvalue weighted by Crippen LogP contribution is -2.40. The number of hydrogen-bond acceptors (Lipinski definition) is 7. The van der Waals surface area contributed by atoms with Crippen LogP contribution in [0.25, 0.3) is 0 Å². The molecule has 9 nitrogen and oxygen atoms in total. The van der Waals surface area contributed by atoms with Crippen LogP contribution in [-0.4, -0.2) is 87.4 Å². The molecule has 2 atom stereocenters. The van der Waals surface area contributed by atoms with Crippen molar-refractivity contribution >= 4 is 17.9 Å². The lowest BCUT2D eigenvalue weighted by Gasteiger charge is -2.25. The van der Waals surface area contributed by atoms with Crippen molar-refractivity contribution in [3.8, 4) is 0 Å². The van der Waals surface area contributed by atoms with Gasteiger partial charge >= 0.3 is 17.9 Å². The number of carboxylic acids is 1. The number of carbonyl (C=O) groups excluding carboxylic acids is 2. The van der Waals surface area contributed by atoms with Gasteiger partial charge in [-0.15, -0.1) is 0 Å². The maximum absolute atomic E-state index is 12.7. The number of carboxylic acid groups (broad SMARTS) is 1. The lowest BCUT2D eigenvalue weighted by atomic mass is 10.0. The van der Waals surface area contributed by atoms with Gasteiger partial charge < -0.3 is 28.5 Å². The van der Waals surface area contributed by atoms with Gasteiger partial charge in [0.2, 0.25) is 0 Å². The van der Waals surface area contributed by atoms with E-state index in [9.17, 15) is 19.5 Å². The Morgan fingerprint density at radius 3 is 1.46 bits per heavy atom. The molecule has 56 heavy (non-hydrogen) atoms. The fourth-order valence-corrected chi connectivity index (χ4v) is 6.32. The van der Waals surface area contributed by atoms with E-state index in [0.717, 1.165) is 64.2 Å². The first-order valence-corrected chi connectivity index (χ1v) is 23.0. The van der Waals surface area contributed by atoms with E-state index in [4.69, 9.17) is 18.9 Å². The average molecular weight is 795 g/mol. The molecule has 9 heteroatoms. The minimum absolute atomic E-state index is 0.184. The number of unbranched alkanes of at least 4 members (excludes halogenated alkanes) is 23. The second-order valence-electron chi connectivity index (χ2n) is 16.7. The molecule has 0 amide bonds. The van der Waals surface area contributed by atoms with Gasteiger partial charge in [-0.05, 0) is 38.5 Å². The van der Waals surface area contributed by atoms with Crippen molar-refractivity contribution in [2.75, 3.05) is 47.5 Å². The van der Waals surface area contributed by atoms with Crippen molar-refractivity contribution in [3.05, 3.63) is 24.3 Å². The molecular weight excluding hydrogens is 707 g/mol. The highest BCUT2D eigenvalue weighted by Gasteiger charge is 2.25. The number of rotatable bonds is 42. The van der Waals surface area contributed by atoms with Gasteiger partial charge in [0.25, 0.3) is 6.29 Å². The Balaban J connectivity index is 4.41. The molecule has 0 spiro atoms. The summed E-state index contributed by atoms with van der Waals surface area (Å²) in [6, 6.07) is 0. The molecule has 0 heterocycles. The smallest absolute Gasteiger partial charge is 0.361 e. The topological polar surface area (TPSA) is 108 Å². The zero-order valence-corrected chi connectivity index (χ0v) is 37.1. The number of nitrogens with zero attached hydrogens (tertiary/aromatic N) is 1. The molecule has 0 aromatic carbocycles. The Hall–Kier alpha value is -2.23. The van der Waals surface area contributed by atoms with Crippen LogP contribution in [0.3, 0.4) is 0 Å². The maximum Gasteiger partial charge on any atom is 0.361 e. The molecule has 0 fully saturated rings. The summed E-state index contributed by atoms with van der Waals surface area (Å²) >= 11 is 0. The predicted octanol–water partition coefficient (Wildman–Crippen LogP) is 12.1. The van der Waals surface area contributed by atoms with Crippen LogP contribution >= 0.6 is 0 Å². The van der Waals surface area contributed by atoms with Crippen LogP contribution < -0.4 is 0 Å². The second kappa shape index (κ2) is 39.6. The molecule has 0 aliphatic carbocycles. The quantitative estimate of drug-likeness (QED) is 0.0214. The predicted molar refractivity (Wildman–Crippen MR) is 231 cm³/mol. The number of quaternary nitrogens is 1. The Morgan fingerprint density at radius 1 is 0.536 bits per heavy atom. The number of ether oxygens (including phenoxy) is 4. The Labute approximate surface area is 344 Å². The molecule has 0 aliphatic rings. The first kappa shape index (κ1) is 53.8. The van der Waals surface area contributed by atoms with Gasteiger partial charge in [0, 0.05) is 12.8 Å². The summed E-state index contributed by atoms with van der Waals surface area (Å²) in [5.41, 5.74) is 0. The maximum atomic E-state index is 12.7. The third-order valence-electron chi connectivity index (χ3n) is 9.96. The fourth-order valence-electron chi connectivity index (χ4n) is 6.32. The van der Waals surface area contributed by atoms with Crippen LogP contribution in [0.15, 0.2) is 24.3 Å².